The molecular formula is C14H23BrClN3. The van der Waals surface area contributed by atoms with E-state index in [1.807, 2.05) is 11.6 Å². The van der Waals surface area contributed by atoms with Gasteiger partial charge in [-0.05, 0) is 33.7 Å². The highest BCUT2D eigenvalue weighted by molar-refractivity contribution is 9.09. The molecule has 1 saturated carbocycles. The van der Waals surface area contributed by atoms with Gasteiger partial charge in [0.2, 0.25) is 0 Å². The molecule has 1 heterocycles. The van der Waals surface area contributed by atoms with Crippen molar-refractivity contribution in [2.75, 3.05) is 7.05 Å². The predicted molar refractivity (Wildman–Crippen MR) is 84.1 cm³/mol. The molecule has 19 heavy (non-hydrogen) atoms. The van der Waals surface area contributed by atoms with E-state index in [9.17, 15) is 0 Å². The summed E-state index contributed by atoms with van der Waals surface area (Å²) < 4.78 is 2.03. The molecule has 0 aliphatic heterocycles. The maximum Gasteiger partial charge on any atom is 0.0860 e. The number of aromatic nitrogens is 2. The highest BCUT2D eigenvalue weighted by Crippen LogP contribution is 2.30. The van der Waals surface area contributed by atoms with Gasteiger partial charge in [0.15, 0.2) is 0 Å². The lowest BCUT2D eigenvalue weighted by Gasteiger charge is -2.35. The van der Waals surface area contributed by atoms with E-state index >= 15 is 0 Å². The minimum absolute atomic E-state index is 0.601. The number of nitrogens with zero attached hydrogens (tertiary/aromatic N) is 3. The van der Waals surface area contributed by atoms with Crippen LogP contribution in [0.3, 0.4) is 0 Å². The minimum Gasteiger partial charge on any atom is -0.296 e. The van der Waals surface area contributed by atoms with E-state index < -0.39 is 0 Å². The van der Waals surface area contributed by atoms with Crippen LogP contribution < -0.4 is 0 Å². The van der Waals surface area contributed by atoms with Gasteiger partial charge in [-0.1, -0.05) is 40.4 Å². The van der Waals surface area contributed by atoms with Crippen molar-refractivity contribution in [2.45, 2.75) is 63.5 Å². The second-order valence-corrected chi connectivity index (χ2v) is 7.00. The highest BCUT2D eigenvalue weighted by Gasteiger charge is 2.27. The smallest absolute Gasteiger partial charge is 0.0860 e. The Morgan fingerprint density at radius 1 is 1.42 bits per heavy atom. The third kappa shape index (κ3) is 3.34. The van der Waals surface area contributed by atoms with Crippen LogP contribution in [-0.4, -0.2) is 32.6 Å². The fraction of sp³-hybridized carbons (Fsp3) is 0.786. The molecular weight excluding hydrogens is 326 g/mol. The number of aryl methyl sites for hydroxylation is 2. The molecule has 0 N–H and O–H groups in total. The van der Waals surface area contributed by atoms with Gasteiger partial charge in [0.05, 0.1) is 16.4 Å². The molecule has 1 aliphatic rings. The molecule has 108 valence electrons. The van der Waals surface area contributed by atoms with Gasteiger partial charge in [0.1, 0.15) is 0 Å². The van der Waals surface area contributed by atoms with Crippen LogP contribution in [-0.2, 0) is 13.1 Å². The van der Waals surface area contributed by atoms with Crippen LogP contribution in [0.2, 0.25) is 5.02 Å². The summed E-state index contributed by atoms with van der Waals surface area (Å²) in [5.74, 6) is 0. The van der Waals surface area contributed by atoms with Crippen molar-refractivity contribution in [3.8, 4) is 0 Å². The van der Waals surface area contributed by atoms with Crippen molar-refractivity contribution in [1.82, 2.24) is 14.7 Å². The molecule has 2 atom stereocenters. The van der Waals surface area contributed by atoms with E-state index in [0.717, 1.165) is 29.5 Å². The topological polar surface area (TPSA) is 21.1 Å². The van der Waals surface area contributed by atoms with Gasteiger partial charge in [-0.3, -0.25) is 9.58 Å². The standard InChI is InChI=1S/C14H23BrClN3/c1-4-19-13(14(16)10(2)17-19)9-18(3)12-8-6-5-7-11(12)15/h11-12H,4-9H2,1-3H3. The monoisotopic (exact) mass is 347 g/mol. The molecule has 1 aromatic rings. The summed E-state index contributed by atoms with van der Waals surface area (Å²) >= 11 is 10.2. The molecule has 5 heteroatoms. The van der Waals surface area contributed by atoms with E-state index in [0.29, 0.717) is 10.9 Å². The zero-order valence-electron chi connectivity index (χ0n) is 12.0. The first-order valence-corrected chi connectivity index (χ1v) is 8.40. The number of hydrogen-bond donors (Lipinski definition) is 0. The predicted octanol–water partition coefficient (Wildman–Crippen LogP) is 4.00. The molecule has 0 spiro atoms. The van der Waals surface area contributed by atoms with Crippen molar-refractivity contribution in [1.29, 1.82) is 0 Å². The fourth-order valence-electron chi connectivity index (χ4n) is 2.94. The van der Waals surface area contributed by atoms with Gasteiger partial charge in [-0.15, -0.1) is 0 Å². The molecule has 0 bridgehead atoms. The molecule has 0 saturated heterocycles. The first kappa shape index (κ1) is 15.3. The zero-order valence-corrected chi connectivity index (χ0v) is 14.3. The van der Waals surface area contributed by atoms with Gasteiger partial charge in [0, 0.05) is 24.0 Å². The molecule has 1 aliphatic carbocycles. The highest BCUT2D eigenvalue weighted by atomic mass is 79.9. The van der Waals surface area contributed by atoms with Crippen LogP contribution in [0.25, 0.3) is 0 Å². The van der Waals surface area contributed by atoms with Crippen LogP contribution >= 0.6 is 27.5 Å². The maximum atomic E-state index is 6.39. The third-order valence-electron chi connectivity index (χ3n) is 4.07. The number of alkyl halides is 1. The third-order valence-corrected chi connectivity index (χ3v) is 5.63. The first-order valence-electron chi connectivity index (χ1n) is 7.10. The molecule has 1 fully saturated rings. The number of rotatable bonds is 4. The Balaban J connectivity index is 2.11. The Morgan fingerprint density at radius 2 is 2.11 bits per heavy atom. The Kier molecular flexibility index (Phi) is 5.32. The van der Waals surface area contributed by atoms with E-state index in [-0.39, 0.29) is 0 Å². The Hall–Kier alpha value is -0.0600. The molecule has 3 nitrogen and oxygen atoms in total. The lowest BCUT2D eigenvalue weighted by Crippen LogP contribution is -2.40. The molecule has 0 radical (unpaired) electrons. The first-order chi connectivity index (χ1) is 9.04. The lowest BCUT2D eigenvalue weighted by molar-refractivity contribution is 0.188. The van der Waals surface area contributed by atoms with Crippen molar-refractivity contribution in [3.05, 3.63) is 16.4 Å². The molecule has 0 amide bonds. The van der Waals surface area contributed by atoms with E-state index in [1.165, 1.54) is 25.7 Å². The summed E-state index contributed by atoms with van der Waals surface area (Å²) in [5, 5.41) is 5.32. The SMILES string of the molecule is CCn1nc(C)c(Cl)c1CN(C)C1CCCCC1Br. The summed E-state index contributed by atoms with van der Waals surface area (Å²) in [6, 6.07) is 0.602. The Morgan fingerprint density at radius 3 is 2.74 bits per heavy atom. The van der Waals surface area contributed by atoms with Crippen molar-refractivity contribution < 1.29 is 0 Å². The van der Waals surface area contributed by atoms with Gasteiger partial charge >= 0.3 is 0 Å². The normalized spacial score (nSPS) is 24.1. The molecule has 0 aromatic carbocycles. The Labute approximate surface area is 129 Å². The quantitative estimate of drug-likeness (QED) is 0.767. The minimum atomic E-state index is 0.601. The van der Waals surface area contributed by atoms with Crippen LogP contribution in [0.4, 0.5) is 0 Å². The number of halogens is 2. The molecule has 2 rings (SSSR count). The van der Waals surface area contributed by atoms with Crippen molar-refractivity contribution in [2.24, 2.45) is 0 Å². The van der Waals surface area contributed by atoms with Crippen LogP contribution in [0, 0.1) is 6.92 Å². The largest absolute Gasteiger partial charge is 0.296 e. The molecule has 2 unspecified atom stereocenters. The maximum absolute atomic E-state index is 6.39. The van der Waals surface area contributed by atoms with E-state index in [2.05, 4.69) is 39.9 Å². The van der Waals surface area contributed by atoms with Gasteiger partial charge < -0.3 is 0 Å². The van der Waals surface area contributed by atoms with Crippen LogP contribution in [0.1, 0.15) is 44.0 Å². The average Bonchev–Trinajstić information content (AvgIpc) is 2.67. The Bertz CT molecular complexity index is 433. The summed E-state index contributed by atoms with van der Waals surface area (Å²) in [5.41, 5.74) is 2.08. The average molecular weight is 349 g/mol. The summed E-state index contributed by atoms with van der Waals surface area (Å²) in [6.45, 7) is 5.84. The number of hydrogen-bond acceptors (Lipinski definition) is 2. The molecule has 1 aromatic heterocycles. The van der Waals surface area contributed by atoms with Gasteiger partial charge in [-0.25, -0.2) is 0 Å². The summed E-state index contributed by atoms with van der Waals surface area (Å²) in [7, 11) is 2.20. The second kappa shape index (κ2) is 6.59. The van der Waals surface area contributed by atoms with Crippen LogP contribution in [0.5, 0.6) is 0 Å². The van der Waals surface area contributed by atoms with Gasteiger partial charge in [0.25, 0.3) is 0 Å². The van der Waals surface area contributed by atoms with Crippen molar-refractivity contribution >= 4 is 27.5 Å². The summed E-state index contributed by atoms with van der Waals surface area (Å²) in [4.78, 5) is 3.02. The van der Waals surface area contributed by atoms with Crippen molar-refractivity contribution in [3.63, 3.8) is 0 Å². The second-order valence-electron chi connectivity index (χ2n) is 5.44. The lowest BCUT2D eigenvalue weighted by atomic mass is 9.94. The van der Waals surface area contributed by atoms with E-state index in [1.54, 1.807) is 0 Å². The fourth-order valence-corrected chi connectivity index (χ4v) is 4.12. The van der Waals surface area contributed by atoms with Gasteiger partial charge in [-0.2, -0.15) is 5.10 Å². The zero-order chi connectivity index (χ0) is 14.0. The van der Waals surface area contributed by atoms with Crippen LogP contribution in [0.15, 0.2) is 0 Å². The summed E-state index contributed by atoms with van der Waals surface area (Å²) in [6.07, 6.45) is 5.21. The van der Waals surface area contributed by atoms with E-state index in [4.69, 9.17) is 11.6 Å².